The van der Waals surface area contributed by atoms with E-state index in [9.17, 15) is 23.2 Å². The van der Waals surface area contributed by atoms with E-state index < -0.39 is 17.8 Å². The minimum Gasteiger partial charge on any atom is -0.483 e. The Morgan fingerprint density at radius 1 is 1.13 bits per heavy atom. The summed E-state index contributed by atoms with van der Waals surface area (Å²) in [6.07, 6.45) is -0.463. The molecule has 5 aromatic rings. The molecule has 0 saturated carbocycles. The third kappa shape index (κ3) is 8.30. The molecule has 12 nitrogen and oxygen atoms in total. The maximum absolute atomic E-state index is 13.7. The lowest BCUT2D eigenvalue weighted by atomic mass is 9.95. The van der Waals surface area contributed by atoms with Crippen molar-refractivity contribution in [1.82, 2.24) is 29.7 Å². The molecular weight excluding hydrogens is 615 g/mol. The Morgan fingerprint density at radius 2 is 1.83 bits per heavy atom. The molecule has 244 valence electrons. The summed E-state index contributed by atoms with van der Waals surface area (Å²) >= 11 is 0. The van der Waals surface area contributed by atoms with Crippen LogP contribution in [0.15, 0.2) is 67.0 Å². The molecule has 5 rings (SSSR count). The van der Waals surface area contributed by atoms with Crippen LogP contribution in [0, 0.1) is 18.3 Å². The first-order chi connectivity index (χ1) is 22.2. The van der Waals surface area contributed by atoms with Crippen LogP contribution >= 0.6 is 0 Å². The number of carbonyl (C=O) groups is 2. The van der Waals surface area contributed by atoms with Gasteiger partial charge in [0, 0.05) is 30.3 Å². The van der Waals surface area contributed by atoms with Gasteiger partial charge in [0.25, 0.3) is 12.4 Å². The van der Waals surface area contributed by atoms with Gasteiger partial charge in [-0.05, 0) is 60.5 Å². The molecule has 0 aliphatic carbocycles. The Kier molecular flexibility index (Phi) is 10.3. The van der Waals surface area contributed by atoms with E-state index in [0.717, 1.165) is 29.6 Å². The first kappa shape index (κ1) is 34.1. The first-order valence-electron chi connectivity index (χ1n) is 14.3. The van der Waals surface area contributed by atoms with Crippen molar-refractivity contribution < 1.29 is 32.3 Å². The molecule has 0 aliphatic heterocycles. The number of pyridine rings is 1. The number of alkyl halides is 3. The zero-order valence-corrected chi connectivity index (χ0v) is 26.1. The van der Waals surface area contributed by atoms with Crippen molar-refractivity contribution in [3.8, 4) is 34.1 Å². The van der Waals surface area contributed by atoms with E-state index in [-0.39, 0.29) is 23.6 Å². The van der Waals surface area contributed by atoms with Crippen LogP contribution in [0.1, 0.15) is 23.1 Å². The number of nitrogens with zero attached hydrogens (tertiary/aromatic N) is 7. The number of nitrogens with one attached hydrogen (secondary N) is 2. The third-order valence-corrected chi connectivity index (χ3v) is 7.04. The first-order valence-corrected chi connectivity index (χ1v) is 14.3. The average Bonchev–Trinajstić information content (AvgIpc) is 3.65. The number of carboxylic acid groups (broad SMARTS) is 1. The van der Waals surface area contributed by atoms with Crippen molar-refractivity contribution >= 4 is 24.1 Å². The van der Waals surface area contributed by atoms with E-state index >= 15 is 0 Å². The standard InChI is InChI=1S/C31H30F3N9O.CH2O2/c1-20-25(26-13-15-37-42(26)24-11-9-21(18-35)10-12-24)19-41-28(27(20)22-7-5-8-23(17-22)31(32,33)34)38-29(40-41)39-30(44)36-14-6-16-43(2,3)4;2-1-3/h5,7-13,15,17,19H,6,14,16H2,1-4H3,(H-,36,39,40,44);1H,(H,2,3)/p+1. The normalized spacial score (nSPS) is 11.4. The highest BCUT2D eigenvalue weighted by atomic mass is 19.4. The number of anilines is 1. The number of fused-ring (bicyclic) bond motifs is 1. The Morgan fingerprint density at radius 3 is 2.47 bits per heavy atom. The van der Waals surface area contributed by atoms with Crippen molar-refractivity contribution in [2.75, 3.05) is 39.5 Å². The molecule has 0 atom stereocenters. The maximum atomic E-state index is 13.7. The zero-order chi connectivity index (χ0) is 34.4. The maximum Gasteiger partial charge on any atom is 0.416 e. The monoisotopic (exact) mass is 648 g/mol. The van der Waals surface area contributed by atoms with Crippen molar-refractivity contribution in [3.05, 3.63) is 83.7 Å². The second kappa shape index (κ2) is 14.1. The van der Waals surface area contributed by atoms with E-state index in [1.54, 1.807) is 60.4 Å². The highest BCUT2D eigenvalue weighted by molar-refractivity contribution is 5.90. The highest BCUT2D eigenvalue weighted by Gasteiger charge is 2.31. The van der Waals surface area contributed by atoms with Crippen LogP contribution in [0.5, 0.6) is 0 Å². The number of carbonyl (C=O) groups excluding carboxylic acids is 1. The topological polar surface area (TPSA) is 150 Å². The van der Waals surface area contributed by atoms with Crippen molar-refractivity contribution in [2.45, 2.75) is 19.5 Å². The Balaban J connectivity index is 0.00000160. The summed E-state index contributed by atoms with van der Waals surface area (Å²) in [5.41, 5.74) is 3.27. The fraction of sp³-hybridized carbons (Fsp3) is 0.250. The summed E-state index contributed by atoms with van der Waals surface area (Å²) in [5.74, 6) is -0.000483. The molecule has 3 aromatic heterocycles. The molecular formula is C32H33F3N9O3+. The van der Waals surface area contributed by atoms with Gasteiger partial charge in [-0.3, -0.25) is 10.1 Å². The molecule has 0 unspecified atom stereocenters. The number of hydrogen-bond donors (Lipinski definition) is 3. The molecule has 15 heteroatoms. The second-order valence-electron chi connectivity index (χ2n) is 11.5. The molecule has 0 fully saturated rings. The molecule has 47 heavy (non-hydrogen) atoms. The van der Waals surface area contributed by atoms with Gasteiger partial charge in [-0.2, -0.15) is 28.5 Å². The summed E-state index contributed by atoms with van der Waals surface area (Å²) in [6.45, 7) is 2.87. The number of rotatable bonds is 8. The Hall–Kier alpha value is -5.75. The van der Waals surface area contributed by atoms with Gasteiger partial charge < -0.3 is 14.9 Å². The summed E-state index contributed by atoms with van der Waals surface area (Å²) in [6, 6.07) is 15.3. The largest absolute Gasteiger partial charge is 0.483 e. The number of amides is 2. The van der Waals surface area contributed by atoms with Crippen molar-refractivity contribution in [1.29, 1.82) is 5.26 Å². The van der Waals surface area contributed by atoms with Gasteiger partial charge >= 0.3 is 12.2 Å². The summed E-state index contributed by atoms with van der Waals surface area (Å²) < 4.78 is 45.0. The lowest BCUT2D eigenvalue weighted by Gasteiger charge is -2.23. The van der Waals surface area contributed by atoms with Crippen LogP contribution in [0.25, 0.3) is 33.7 Å². The van der Waals surface area contributed by atoms with Crippen molar-refractivity contribution in [3.63, 3.8) is 0 Å². The highest BCUT2D eigenvalue weighted by Crippen LogP contribution is 2.38. The van der Waals surface area contributed by atoms with E-state index in [1.807, 2.05) is 0 Å². The van der Waals surface area contributed by atoms with Gasteiger partial charge in [0.2, 0.25) is 0 Å². The minimum absolute atomic E-state index is 0.000483. The lowest BCUT2D eigenvalue weighted by molar-refractivity contribution is -0.870. The molecule has 0 saturated heterocycles. The van der Waals surface area contributed by atoms with Gasteiger partial charge in [-0.1, -0.05) is 12.1 Å². The lowest BCUT2D eigenvalue weighted by Crippen LogP contribution is -2.38. The fourth-order valence-electron chi connectivity index (χ4n) is 4.90. The fourth-order valence-corrected chi connectivity index (χ4v) is 4.90. The van der Waals surface area contributed by atoms with Gasteiger partial charge in [0.05, 0.1) is 62.5 Å². The molecule has 2 amide bonds. The van der Waals surface area contributed by atoms with Crippen LogP contribution < -0.4 is 10.6 Å². The summed E-state index contributed by atoms with van der Waals surface area (Å²) in [4.78, 5) is 25.5. The van der Waals surface area contributed by atoms with Gasteiger partial charge in [0.1, 0.15) is 0 Å². The Bertz CT molecular complexity index is 1920. The van der Waals surface area contributed by atoms with E-state index in [4.69, 9.17) is 9.90 Å². The zero-order valence-electron chi connectivity index (χ0n) is 26.1. The van der Waals surface area contributed by atoms with Gasteiger partial charge in [-0.25, -0.2) is 14.0 Å². The second-order valence-corrected chi connectivity index (χ2v) is 11.5. The molecule has 0 bridgehead atoms. The number of quaternary nitrogens is 1. The number of nitriles is 1. The molecule has 0 spiro atoms. The number of halogens is 3. The predicted molar refractivity (Wildman–Crippen MR) is 169 cm³/mol. The number of urea groups is 1. The van der Waals surface area contributed by atoms with Crippen LogP contribution in [-0.2, 0) is 11.0 Å². The summed E-state index contributed by atoms with van der Waals surface area (Å²) in [5, 5.41) is 30.4. The SMILES string of the molecule is Cc1c(-c2ccnn2-c2ccc(C#N)cc2)cn2nc(NC(=O)NCCC[N+](C)(C)C)nc2c1-c1cccc(C(F)(F)F)c1.O=CO. The molecule has 2 aromatic carbocycles. The minimum atomic E-state index is -4.55. The van der Waals surface area contributed by atoms with Crippen LogP contribution in [0.3, 0.4) is 0 Å². The van der Waals surface area contributed by atoms with E-state index in [1.165, 1.54) is 10.6 Å². The van der Waals surface area contributed by atoms with Crippen molar-refractivity contribution in [2.24, 2.45) is 0 Å². The number of aromatic nitrogens is 5. The van der Waals surface area contributed by atoms with Gasteiger partial charge in [0.15, 0.2) is 5.65 Å². The predicted octanol–water partition coefficient (Wildman–Crippen LogP) is 5.37. The van der Waals surface area contributed by atoms with Crippen LogP contribution in [0.4, 0.5) is 23.9 Å². The van der Waals surface area contributed by atoms with Crippen LogP contribution in [-0.4, -0.2) is 80.7 Å². The number of benzene rings is 2. The summed E-state index contributed by atoms with van der Waals surface area (Å²) in [7, 11) is 6.20. The quantitative estimate of drug-likeness (QED) is 0.116. The van der Waals surface area contributed by atoms with Gasteiger partial charge in [-0.15, -0.1) is 5.10 Å². The molecule has 0 aliphatic rings. The third-order valence-electron chi connectivity index (χ3n) is 7.04. The van der Waals surface area contributed by atoms with E-state index in [0.29, 0.717) is 40.2 Å². The molecule has 3 N–H and O–H groups in total. The number of hydrogen-bond acceptors (Lipinski definition) is 6. The Labute approximate surface area is 268 Å². The average molecular weight is 649 g/mol. The molecule has 3 heterocycles. The molecule has 0 radical (unpaired) electrons. The smallest absolute Gasteiger partial charge is 0.416 e. The van der Waals surface area contributed by atoms with E-state index in [2.05, 4.69) is 53.0 Å². The van der Waals surface area contributed by atoms with Crippen LogP contribution in [0.2, 0.25) is 0 Å².